The molecule has 1 atom stereocenters. The Balaban J connectivity index is 1.58. The van der Waals surface area contributed by atoms with Gasteiger partial charge in [-0.05, 0) is 42.8 Å². The molecule has 1 aliphatic rings. The molecule has 5 nitrogen and oxygen atoms in total. The predicted octanol–water partition coefficient (Wildman–Crippen LogP) is 3.53. The first-order valence-corrected chi connectivity index (χ1v) is 8.86. The molecule has 0 radical (unpaired) electrons. The molecule has 1 N–H and O–H groups in total. The van der Waals surface area contributed by atoms with Gasteiger partial charge >= 0.3 is 5.97 Å². The lowest BCUT2D eigenvalue weighted by Crippen LogP contribution is -2.26. The van der Waals surface area contributed by atoms with E-state index in [2.05, 4.69) is 5.32 Å². The van der Waals surface area contributed by atoms with Crippen molar-refractivity contribution in [3.8, 4) is 5.75 Å². The lowest BCUT2D eigenvalue weighted by Gasteiger charge is -2.21. The van der Waals surface area contributed by atoms with Gasteiger partial charge in [-0.2, -0.15) is 0 Å². The summed E-state index contributed by atoms with van der Waals surface area (Å²) in [4.78, 5) is 24.9. The van der Waals surface area contributed by atoms with Gasteiger partial charge in [0.1, 0.15) is 5.75 Å². The molecule has 3 rings (SSSR count). The first-order valence-electron chi connectivity index (χ1n) is 7.98. The number of nitrogens with one attached hydrogen (secondary N) is 1. The summed E-state index contributed by atoms with van der Waals surface area (Å²) in [5.41, 5.74) is 2.17. The standard InChI is InChI=1S/C19H19NO4S/c1-12-18(21)20-16-11-14(5-8-17(16)25-12)19(22)24-10-9-13-3-6-15(23-2)7-4-13/h3-8,11-12H,9-10H2,1-2H3,(H,20,21). The average molecular weight is 357 g/mol. The van der Waals surface area contributed by atoms with Gasteiger partial charge in [0.05, 0.1) is 30.2 Å². The van der Waals surface area contributed by atoms with E-state index in [1.807, 2.05) is 37.3 Å². The lowest BCUT2D eigenvalue weighted by atomic mass is 10.1. The molecule has 0 bridgehead atoms. The van der Waals surface area contributed by atoms with Gasteiger partial charge in [-0.1, -0.05) is 12.1 Å². The fraction of sp³-hybridized carbons (Fsp3) is 0.263. The average Bonchev–Trinajstić information content (AvgIpc) is 2.63. The molecule has 6 heteroatoms. The number of methoxy groups -OCH3 is 1. The van der Waals surface area contributed by atoms with Gasteiger partial charge in [0.2, 0.25) is 5.91 Å². The van der Waals surface area contributed by atoms with Crippen molar-refractivity contribution in [2.45, 2.75) is 23.5 Å². The molecule has 130 valence electrons. The molecule has 2 aromatic rings. The molecule has 2 aromatic carbocycles. The fourth-order valence-corrected chi connectivity index (χ4v) is 3.40. The van der Waals surface area contributed by atoms with Gasteiger partial charge in [0, 0.05) is 11.3 Å². The Kier molecular flexibility index (Phi) is 5.28. The number of hydrogen-bond donors (Lipinski definition) is 1. The largest absolute Gasteiger partial charge is 0.497 e. The molecule has 0 saturated carbocycles. The SMILES string of the molecule is COc1ccc(CCOC(=O)c2ccc3c(c2)NC(=O)C(C)S3)cc1. The smallest absolute Gasteiger partial charge is 0.338 e. The van der Waals surface area contributed by atoms with Crippen molar-refractivity contribution >= 4 is 29.3 Å². The molecule has 25 heavy (non-hydrogen) atoms. The second-order valence-corrected chi connectivity index (χ2v) is 7.08. The summed E-state index contributed by atoms with van der Waals surface area (Å²) in [7, 11) is 1.62. The lowest BCUT2D eigenvalue weighted by molar-refractivity contribution is -0.115. The maximum atomic E-state index is 12.2. The first-order chi connectivity index (χ1) is 12.1. The van der Waals surface area contributed by atoms with Crippen LogP contribution in [0, 0.1) is 0 Å². The predicted molar refractivity (Wildman–Crippen MR) is 97.4 cm³/mol. The third-order valence-electron chi connectivity index (χ3n) is 3.93. The van der Waals surface area contributed by atoms with Crippen LogP contribution in [0.3, 0.4) is 0 Å². The van der Waals surface area contributed by atoms with E-state index in [0.29, 0.717) is 24.3 Å². The zero-order valence-corrected chi connectivity index (χ0v) is 14.9. The summed E-state index contributed by atoms with van der Waals surface area (Å²) in [6.07, 6.45) is 0.630. The Bertz CT molecular complexity index is 789. The molecule has 1 amide bonds. The highest BCUT2D eigenvalue weighted by atomic mass is 32.2. The molecule has 1 aliphatic heterocycles. The number of rotatable bonds is 5. The number of fused-ring (bicyclic) bond motifs is 1. The Morgan fingerprint density at radius 1 is 1.20 bits per heavy atom. The summed E-state index contributed by atoms with van der Waals surface area (Å²) in [5, 5.41) is 2.69. The van der Waals surface area contributed by atoms with Gasteiger partial charge in [-0.15, -0.1) is 11.8 Å². The minimum absolute atomic E-state index is 0.0532. The normalized spacial score (nSPS) is 15.9. The minimum atomic E-state index is -0.394. The number of esters is 1. The topological polar surface area (TPSA) is 64.6 Å². The van der Waals surface area contributed by atoms with Gasteiger partial charge < -0.3 is 14.8 Å². The van der Waals surface area contributed by atoms with E-state index >= 15 is 0 Å². The second-order valence-electron chi connectivity index (χ2n) is 5.69. The Morgan fingerprint density at radius 3 is 2.68 bits per heavy atom. The van der Waals surface area contributed by atoms with Crippen LogP contribution in [0.4, 0.5) is 5.69 Å². The van der Waals surface area contributed by atoms with Crippen LogP contribution in [0.15, 0.2) is 47.4 Å². The number of amides is 1. The number of carbonyl (C=O) groups is 2. The maximum Gasteiger partial charge on any atom is 0.338 e. The Labute approximate surface area is 150 Å². The highest BCUT2D eigenvalue weighted by Gasteiger charge is 2.23. The van der Waals surface area contributed by atoms with E-state index in [9.17, 15) is 9.59 Å². The van der Waals surface area contributed by atoms with Crippen molar-refractivity contribution in [2.24, 2.45) is 0 Å². The Morgan fingerprint density at radius 2 is 1.96 bits per heavy atom. The molecule has 0 spiro atoms. The summed E-state index contributed by atoms with van der Waals surface area (Å²) < 4.78 is 10.5. The van der Waals surface area contributed by atoms with Crippen molar-refractivity contribution in [1.29, 1.82) is 0 Å². The van der Waals surface area contributed by atoms with Gasteiger partial charge in [0.25, 0.3) is 0 Å². The third kappa shape index (κ3) is 4.14. The summed E-state index contributed by atoms with van der Waals surface area (Å²) in [6.45, 7) is 2.14. The van der Waals surface area contributed by atoms with Crippen LogP contribution in [-0.2, 0) is 16.0 Å². The molecule has 0 saturated heterocycles. The summed E-state index contributed by atoms with van der Waals surface area (Å²) >= 11 is 1.48. The van der Waals surface area contributed by atoms with E-state index < -0.39 is 5.97 Å². The van der Waals surface area contributed by atoms with Crippen molar-refractivity contribution in [1.82, 2.24) is 0 Å². The van der Waals surface area contributed by atoms with Crippen molar-refractivity contribution in [2.75, 3.05) is 19.0 Å². The van der Waals surface area contributed by atoms with Crippen LogP contribution in [0.25, 0.3) is 0 Å². The van der Waals surface area contributed by atoms with E-state index in [-0.39, 0.29) is 11.2 Å². The minimum Gasteiger partial charge on any atom is -0.497 e. The summed E-state index contributed by atoms with van der Waals surface area (Å²) in [5.74, 6) is 0.348. The third-order valence-corrected chi connectivity index (χ3v) is 5.11. The zero-order valence-electron chi connectivity index (χ0n) is 14.1. The number of ether oxygens (including phenoxy) is 2. The Hall–Kier alpha value is -2.47. The number of thioether (sulfide) groups is 1. The molecule has 1 heterocycles. The van der Waals surface area contributed by atoms with Gasteiger partial charge in [-0.25, -0.2) is 4.79 Å². The monoisotopic (exact) mass is 357 g/mol. The molecular formula is C19H19NO4S. The zero-order chi connectivity index (χ0) is 17.8. The van der Waals surface area contributed by atoms with Gasteiger partial charge in [-0.3, -0.25) is 4.79 Å². The van der Waals surface area contributed by atoms with E-state index in [4.69, 9.17) is 9.47 Å². The molecular weight excluding hydrogens is 338 g/mol. The molecule has 0 aliphatic carbocycles. The van der Waals surface area contributed by atoms with E-state index in [1.165, 1.54) is 11.8 Å². The fourth-order valence-electron chi connectivity index (χ4n) is 2.47. The van der Waals surface area contributed by atoms with Gasteiger partial charge in [0.15, 0.2) is 0 Å². The number of hydrogen-bond acceptors (Lipinski definition) is 5. The maximum absolute atomic E-state index is 12.2. The van der Waals surface area contributed by atoms with Crippen LogP contribution >= 0.6 is 11.8 Å². The molecule has 0 aromatic heterocycles. The number of benzene rings is 2. The van der Waals surface area contributed by atoms with Crippen LogP contribution in [0.1, 0.15) is 22.8 Å². The number of carbonyl (C=O) groups excluding carboxylic acids is 2. The summed E-state index contributed by atoms with van der Waals surface area (Å²) in [6, 6.07) is 12.9. The number of anilines is 1. The highest BCUT2D eigenvalue weighted by molar-refractivity contribution is 8.00. The molecule has 0 fully saturated rings. The highest BCUT2D eigenvalue weighted by Crippen LogP contribution is 2.36. The van der Waals surface area contributed by atoms with Crippen LogP contribution in [0.2, 0.25) is 0 Å². The van der Waals surface area contributed by atoms with Crippen molar-refractivity contribution in [3.63, 3.8) is 0 Å². The van der Waals surface area contributed by atoms with Crippen LogP contribution < -0.4 is 10.1 Å². The van der Waals surface area contributed by atoms with Crippen LogP contribution in [0.5, 0.6) is 5.75 Å². The quantitative estimate of drug-likeness (QED) is 0.830. The van der Waals surface area contributed by atoms with E-state index in [0.717, 1.165) is 16.2 Å². The second kappa shape index (κ2) is 7.61. The van der Waals surface area contributed by atoms with E-state index in [1.54, 1.807) is 19.2 Å². The van der Waals surface area contributed by atoms with Crippen LogP contribution in [-0.4, -0.2) is 30.8 Å². The van der Waals surface area contributed by atoms with Crippen molar-refractivity contribution < 1.29 is 19.1 Å². The first kappa shape index (κ1) is 17.4. The molecule has 1 unspecified atom stereocenters. The van der Waals surface area contributed by atoms with Crippen molar-refractivity contribution in [3.05, 3.63) is 53.6 Å².